The van der Waals surface area contributed by atoms with Gasteiger partial charge in [0.25, 0.3) is 0 Å². The highest BCUT2D eigenvalue weighted by Gasteiger charge is 2.32. The highest BCUT2D eigenvalue weighted by atomic mass is 16.2. The van der Waals surface area contributed by atoms with E-state index >= 15 is 0 Å². The molecule has 0 radical (unpaired) electrons. The van der Waals surface area contributed by atoms with Crippen molar-refractivity contribution in [2.24, 2.45) is 5.92 Å². The first-order valence-corrected chi connectivity index (χ1v) is 7.87. The van der Waals surface area contributed by atoms with Gasteiger partial charge in [-0.05, 0) is 36.3 Å². The Bertz CT molecular complexity index is 464. The molecule has 3 heteroatoms. The van der Waals surface area contributed by atoms with E-state index in [-0.39, 0.29) is 6.04 Å². The molecule has 1 amide bonds. The number of nitrogens with one attached hydrogen (secondary N) is 1. The second-order valence-electron chi connectivity index (χ2n) is 6.05. The molecule has 1 aromatic carbocycles. The quantitative estimate of drug-likeness (QED) is 0.913. The lowest BCUT2D eigenvalue weighted by Gasteiger charge is -2.36. The Morgan fingerprint density at radius 1 is 1.30 bits per heavy atom. The highest BCUT2D eigenvalue weighted by Crippen LogP contribution is 2.34. The third kappa shape index (κ3) is 3.04. The van der Waals surface area contributed by atoms with Crippen LogP contribution in [0.2, 0.25) is 0 Å². The lowest BCUT2D eigenvalue weighted by atomic mass is 10.0. The second kappa shape index (κ2) is 5.96. The Morgan fingerprint density at radius 2 is 2.05 bits per heavy atom. The zero-order chi connectivity index (χ0) is 13.9. The van der Waals surface area contributed by atoms with Crippen molar-refractivity contribution in [1.29, 1.82) is 0 Å². The van der Waals surface area contributed by atoms with Crippen LogP contribution in [-0.2, 0) is 11.2 Å². The van der Waals surface area contributed by atoms with Crippen LogP contribution in [0.5, 0.6) is 0 Å². The van der Waals surface area contributed by atoms with Gasteiger partial charge in [-0.15, -0.1) is 0 Å². The van der Waals surface area contributed by atoms with Crippen LogP contribution in [-0.4, -0.2) is 30.4 Å². The van der Waals surface area contributed by atoms with Gasteiger partial charge in [0.15, 0.2) is 0 Å². The van der Waals surface area contributed by atoms with Crippen LogP contribution < -0.4 is 5.32 Å². The summed E-state index contributed by atoms with van der Waals surface area (Å²) in [5, 5.41) is 3.42. The van der Waals surface area contributed by atoms with E-state index in [1.54, 1.807) is 0 Å². The van der Waals surface area contributed by atoms with Gasteiger partial charge in [-0.1, -0.05) is 31.2 Å². The predicted octanol–water partition coefficient (Wildman–Crippen LogP) is 2.52. The van der Waals surface area contributed by atoms with Crippen LogP contribution >= 0.6 is 0 Å². The van der Waals surface area contributed by atoms with E-state index in [0.717, 1.165) is 32.5 Å². The van der Waals surface area contributed by atoms with Crippen molar-refractivity contribution in [3.05, 3.63) is 35.4 Å². The summed E-state index contributed by atoms with van der Waals surface area (Å²) in [6, 6.07) is 8.96. The molecule has 3 nitrogen and oxygen atoms in total. The molecule has 1 unspecified atom stereocenters. The SMILES string of the molecule is CCc1ccc(C2CNCCN2C(=O)CC2CC2)cc1. The van der Waals surface area contributed by atoms with Crippen molar-refractivity contribution in [1.82, 2.24) is 10.2 Å². The molecule has 1 saturated carbocycles. The third-order valence-corrected chi connectivity index (χ3v) is 4.50. The number of carbonyl (C=O) groups is 1. The number of hydrogen-bond donors (Lipinski definition) is 1. The van der Waals surface area contributed by atoms with Crippen molar-refractivity contribution in [2.45, 2.75) is 38.6 Å². The van der Waals surface area contributed by atoms with Gasteiger partial charge in [0.05, 0.1) is 6.04 Å². The number of benzene rings is 1. The molecule has 108 valence electrons. The first-order valence-electron chi connectivity index (χ1n) is 7.87. The summed E-state index contributed by atoms with van der Waals surface area (Å²) in [4.78, 5) is 14.5. The number of rotatable bonds is 4. The number of aryl methyl sites for hydroxylation is 1. The van der Waals surface area contributed by atoms with E-state index < -0.39 is 0 Å². The second-order valence-corrected chi connectivity index (χ2v) is 6.05. The molecule has 0 spiro atoms. The van der Waals surface area contributed by atoms with Gasteiger partial charge in [0.1, 0.15) is 0 Å². The monoisotopic (exact) mass is 272 g/mol. The topological polar surface area (TPSA) is 32.3 Å². The number of nitrogens with zero attached hydrogens (tertiary/aromatic N) is 1. The lowest BCUT2D eigenvalue weighted by Crippen LogP contribution is -2.48. The van der Waals surface area contributed by atoms with Gasteiger partial charge in [-0.25, -0.2) is 0 Å². The summed E-state index contributed by atoms with van der Waals surface area (Å²) >= 11 is 0. The highest BCUT2D eigenvalue weighted by molar-refractivity contribution is 5.77. The fourth-order valence-corrected chi connectivity index (χ4v) is 2.96. The summed E-state index contributed by atoms with van der Waals surface area (Å²) in [6.45, 7) is 4.80. The molecule has 1 atom stereocenters. The van der Waals surface area contributed by atoms with E-state index in [4.69, 9.17) is 0 Å². The molecule has 0 bridgehead atoms. The molecule has 1 saturated heterocycles. The van der Waals surface area contributed by atoms with E-state index in [0.29, 0.717) is 11.8 Å². The molecule has 1 aromatic rings. The van der Waals surface area contributed by atoms with Crippen LogP contribution in [0, 0.1) is 5.92 Å². The fraction of sp³-hybridized carbons (Fsp3) is 0.588. The zero-order valence-electron chi connectivity index (χ0n) is 12.3. The van der Waals surface area contributed by atoms with Crippen molar-refractivity contribution in [3.8, 4) is 0 Å². The molecule has 2 fully saturated rings. The Morgan fingerprint density at radius 3 is 2.70 bits per heavy atom. The van der Waals surface area contributed by atoms with Crippen molar-refractivity contribution < 1.29 is 4.79 Å². The molecule has 0 aromatic heterocycles. The summed E-state index contributed by atoms with van der Waals surface area (Å²) in [6.07, 6.45) is 4.30. The molecule has 3 rings (SSSR count). The largest absolute Gasteiger partial charge is 0.333 e. The Balaban J connectivity index is 1.74. The van der Waals surface area contributed by atoms with Crippen LogP contribution in [0.25, 0.3) is 0 Å². The van der Waals surface area contributed by atoms with Crippen molar-refractivity contribution in [3.63, 3.8) is 0 Å². The van der Waals surface area contributed by atoms with Gasteiger partial charge in [-0.2, -0.15) is 0 Å². The first kappa shape index (κ1) is 13.6. The zero-order valence-corrected chi connectivity index (χ0v) is 12.3. The number of hydrogen-bond acceptors (Lipinski definition) is 2. The Labute approximate surface area is 121 Å². The molecule has 1 aliphatic heterocycles. The van der Waals surface area contributed by atoms with Gasteiger partial charge < -0.3 is 10.2 Å². The summed E-state index contributed by atoms with van der Waals surface area (Å²) in [5.74, 6) is 1.01. The minimum Gasteiger partial charge on any atom is -0.333 e. The maximum absolute atomic E-state index is 12.5. The van der Waals surface area contributed by atoms with Crippen LogP contribution in [0.15, 0.2) is 24.3 Å². The summed E-state index contributed by atoms with van der Waals surface area (Å²) < 4.78 is 0. The van der Waals surface area contributed by atoms with Crippen molar-refractivity contribution >= 4 is 5.91 Å². The first-order chi connectivity index (χ1) is 9.78. The lowest BCUT2D eigenvalue weighted by molar-refractivity contribution is -0.134. The van der Waals surface area contributed by atoms with Gasteiger partial charge in [0.2, 0.25) is 5.91 Å². The van der Waals surface area contributed by atoms with E-state index in [2.05, 4.69) is 41.4 Å². The smallest absolute Gasteiger partial charge is 0.223 e. The van der Waals surface area contributed by atoms with Gasteiger partial charge >= 0.3 is 0 Å². The third-order valence-electron chi connectivity index (χ3n) is 4.50. The standard InChI is InChI=1S/C17H24N2O/c1-2-13-5-7-15(8-6-13)16-12-18-9-10-19(16)17(20)11-14-3-4-14/h5-8,14,16,18H,2-4,9-12H2,1H3. The van der Waals surface area contributed by atoms with Gasteiger partial charge in [0, 0.05) is 26.1 Å². The maximum Gasteiger partial charge on any atom is 0.223 e. The van der Waals surface area contributed by atoms with Gasteiger partial charge in [-0.3, -0.25) is 4.79 Å². The van der Waals surface area contributed by atoms with Crippen molar-refractivity contribution in [2.75, 3.05) is 19.6 Å². The molecular formula is C17H24N2O. The number of piperazine rings is 1. The van der Waals surface area contributed by atoms with Crippen LogP contribution in [0.4, 0.5) is 0 Å². The molecular weight excluding hydrogens is 248 g/mol. The summed E-state index contributed by atoms with van der Waals surface area (Å²) in [7, 11) is 0. The Hall–Kier alpha value is -1.35. The number of amides is 1. The minimum absolute atomic E-state index is 0.209. The average molecular weight is 272 g/mol. The number of carbonyl (C=O) groups excluding carboxylic acids is 1. The van der Waals surface area contributed by atoms with E-state index in [1.165, 1.54) is 24.0 Å². The normalized spacial score (nSPS) is 22.9. The molecule has 1 heterocycles. The maximum atomic E-state index is 12.5. The molecule has 1 aliphatic carbocycles. The fourth-order valence-electron chi connectivity index (χ4n) is 2.96. The minimum atomic E-state index is 0.209. The molecule has 1 N–H and O–H groups in total. The van der Waals surface area contributed by atoms with E-state index in [9.17, 15) is 4.79 Å². The molecule has 20 heavy (non-hydrogen) atoms. The Kier molecular flexibility index (Phi) is 4.06. The van der Waals surface area contributed by atoms with Crippen LogP contribution in [0.3, 0.4) is 0 Å². The van der Waals surface area contributed by atoms with E-state index in [1.807, 2.05) is 0 Å². The summed E-state index contributed by atoms with van der Waals surface area (Å²) in [5.41, 5.74) is 2.62. The molecule has 2 aliphatic rings. The van der Waals surface area contributed by atoms with Crippen LogP contribution in [0.1, 0.15) is 43.4 Å². The predicted molar refractivity (Wildman–Crippen MR) is 80.5 cm³/mol. The average Bonchev–Trinajstić information content (AvgIpc) is 3.31.